The summed E-state index contributed by atoms with van der Waals surface area (Å²) in [4.78, 5) is 0. The minimum Gasteiger partial charge on any atom is -0.479 e. The van der Waals surface area contributed by atoms with Gasteiger partial charge in [-0.1, -0.05) is 25.0 Å². The number of rotatable bonds is 7. The lowest BCUT2D eigenvalue weighted by Gasteiger charge is -2.30. The second kappa shape index (κ2) is 8.66. The number of benzene rings is 1. The Kier molecular flexibility index (Phi) is 6.52. The number of nitrogens with one attached hydrogen (secondary N) is 1. The highest BCUT2D eigenvalue weighted by atomic mass is 16.5. The van der Waals surface area contributed by atoms with Crippen molar-refractivity contribution in [2.24, 2.45) is 11.8 Å². The van der Waals surface area contributed by atoms with Crippen molar-refractivity contribution >= 4 is 0 Å². The summed E-state index contributed by atoms with van der Waals surface area (Å²) in [5.41, 5.74) is 1.20. The SMILES string of the molecule is N#CCOc1ccc(CNCC2CCCCC2CO)cc1. The first kappa shape index (κ1) is 15.8. The Morgan fingerprint density at radius 2 is 1.90 bits per heavy atom. The van der Waals surface area contributed by atoms with Crippen molar-refractivity contribution in [2.75, 3.05) is 19.8 Å². The lowest BCUT2D eigenvalue weighted by Crippen LogP contribution is -2.32. The van der Waals surface area contributed by atoms with E-state index in [0.717, 1.165) is 25.3 Å². The van der Waals surface area contributed by atoms with Gasteiger partial charge in [0.15, 0.2) is 6.61 Å². The average Bonchev–Trinajstić information content (AvgIpc) is 2.54. The van der Waals surface area contributed by atoms with Crippen LogP contribution >= 0.6 is 0 Å². The number of aliphatic hydroxyl groups excluding tert-OH is 1. The normalized spacial score (nSPS) is 21.7. The number of nitrogens with zero attached hydrogens (tertiary/aromatic N) is 1. The number of aliphatic hydroxyl groups is 1. The van der Waals surface area contributed by atoms with Gasteiger partial charge in [-0.25, -0.2) is 0 Å². The molecule has 1 fully saturated rings. The summed E-state index contributed by atoms with van der Waals surface area (Å²) in [6, 6.07) is 9.78. The third kappa shape index (κ3) is 5.04. The van der Waals surface area contributed by atoms with Gasteiger partial charge < -0.3 is 15.2 Å². The molecular weight excluding hydrogens is 264 g/mol. The molecule has 1 aliphatic carbocycles. The zero-order valence-corrected chi connectivity index (χ0v) is 12.4. The molecule has 114 valence electrons. The maximum Gasteiger partial charge on any atom is 0.174 e. The number of hydrogen-bond acceptors (Lipinski definition) is 4. The Morgan fingerprint density at radius 3 is 2.57 bits per heavy atom. The van der Waals surface area contributed by atoms with E-state index in [4.69, 9.17) is 10.00 Å². The van der Waals surface area contributed by atoms with Crippen LogP contribution in [0.4, 0.5) is 0 Å². The van der Waals surface area contributed by atoms with Gasteiger partial charge in [0.25, 0.3) is 0 Å². The molecule has 4 nitrogen and oxygen atoms in total. The predicted molar refractivity (Wildman–Crippen MR) is 81.8 cm³/mol. The van der Waals surface area contributed by atoms with Crippen LogP contribution in [0.15, 0.2) is 24.3 Å². The van der Waals surface area contributed by atoms with Crippen molar-refractivity contribution in [3.8, 4) is 11.8 Å². The van der Waals surface area contributed by atoms with Gasteiger partial charge in [-0.05, 0) is 48.9 Å². The maximum atomic E-state index is 9.41. The van der Waals surface area contributed by atoms with E-state index in [1.807, 2.05) is 30.3 Å². The Balaban J connectivity index is 1.74. The third-order valence-corrected chi connectivity index (χ3v) is 4.26. The lowest BCUT2D eigenvalue weighted by molar-refractivity contribution is 0.133. The summed E-state index contributed by atoms with van der Waals surface area (Å²) in [6.45, 7) is 2.20. The van der Waals surface area contributed by atoms with E-state index in [2.05, 4.69) is 5.32 Å². The molecule has 1 aromatic carbocycles. The van der Waals surface area contributed by atoms with Gasteiger partial charge >= 0.3 is 0 Å². The van der Waals surface area contributed by atoms with Gasteiger partial charge in [-0.3, -0.25) is 0 Å². The van der Waals surface area contributed by atoms with E-state index in [1.54, 1.807) is 0 Å². The van der Waals surface area contributed by atoms with Gasteiger partial charge in [-0.15, -0.1) is 0 Å². The monoisotopic (exact) mass is 288 g/mol. The van der Waals surface area contributed by atoms with Crippen LogP contribution in [0.3, 0.4) is 0 Å². The molecule has 0 radical (unpaired) electrons. The first-order chi connectivity index (χ1) is 10.3. The van der Waals surface area contributed by atoms with Crippen molar-refractivity contribution in [3.63, 3.8) is 0 Å². The number of nitriles is 1. The van der Waals surface area contributed by atoms with E-state index >= 15 is 0 Å². The molecular formula is C17H24N2O2. The summed E-state index contributed by atoms with van der Waals surface area (Å²) in [5, 5.41) is 21.4. The molecule has 21 heavy (non-hydrogen) atoms. The summed E-state index contributed by atoms with van der Waals surface area (Å²) in [6.07, 6.45) is 4.92. The summed E-state index contributed by atoms with van der Waals surface area (Å²) in [7, 11) is 0. The lowest BCUT2D eigenvalue weighted by atomic mass is 9.79. The molecule has 1 aromatic rings. The second-order valence-electron chi connectivity index (χ2n) is 5.71. The van der Waals surface area contributed by atoms with E-state index in [-0.39, 0.29) is 6.61 Å². The van der Waals surface area contributed by atoms with E-state index in [0.29, 0.717) is 18.4 Å². The quantitative estimate of drug-likeness (QED) is 0.809. The molecule has 0 amide bonds. The predicted octanol–water partition coefficient (Wildman–Crippen LogP) is 2.48. The first-order valence-corrected chi connectivity index (χ1v) is 7.73. The highest BCUT2D eigenvalue weighted by molar-refractivity contribution is 5.27. The van der Waals surface area contributed by atoms with Crippen LogP contribution in [-0.2, 0) is 6.54 Å². The fourth-order valence-corrected chi connectivity index (χ4v) is 3.01. The second-order valence-corrected chi connectivity index (χ2v) is 5.71. The highest BCUT2D eigenvalue weighted by Gasteiger charge is 2.23. The van der Waals surface area contributed by atoms with Gasteiger partial charge in [0.05, 0.1) is 0 Å². The molecule has 0 aromatic heterocycles. The standard InChI is InChI=1S/C17H24N2O2/c18-9-10-21-17-7-5-14(6-8-17)11-19-12-15-3-1-2-4-16(15)13-20/h5-8,15-16,19-20H,1-4,10-13H2. The average molecular weight is 288 g/mol. The van der Waals surface area contributed by atoms with Gasteiger partial charge in [0.1, 0.15) is 11.8 Å². The van der Waals surface area contributed by atoms with Crippen LogP contribution in [-0.4, -0.2) is 24.9 Å². The Morgan fingerprint density at radius 1 is 1.19 bits per heavy atom. The van der Waals surface area contributed by atoms with Crippen LogP contribution < -0.4 is 10.1 Å². The Labute approximate surface area is 126 Å². The van der Waals surface area contributed by atoms with Crippen LogP contribution in [0.2, 0.25) is 0 Å². The fraction of sp³-hybridized carbons (Fsp3) is 0.588. The summed E-state index contributed by atoms with van der Waals surface area (Å²) in [5.74, 6) is 1.79. The van der Waals surface area contributed by atoms with Crippen molar-refractivity contribution in [1.82, 2.24) is 5.32 Å². The Bertz CT molecular complexity index is 453. The van der Waals surface area contributed by atoms with Gasteiger partial charge in [0, 0.05) is 13.2 Å². The summed E-state index contributed by atoms with van der Waals surface area (Å²) >= 11 is 0. The van der Waals surface area contributed by atoms with Crippen LogP contribution in [0.25, 0.3) is 0 Å². The molecule has 0 aliphatic heterocycles. The highest BCUT2D eigenvalue weighted by Crippen LogP contribution is 2.29. The molecule has 0 spiro atoms. The zero-order valence-electron chi connectivity index (χ0n) is 12.4. The van der Waals surface area contributed by atoms with Gasteiger partial charge in [-0.2, -0.15) is 5.26 Å². The van der Waals surface area contributed by atoms with E-state index < -0.39 is 0 Å². The van der Waals surface area contributed by atoms with E-state index in [1.165, 1.54) is 24.8 Å². The van der Waals surface area contributed by atoms with Crippen molar-refractivity contribution in [3.05, 3.63) is 29.8 Å². The topological polar surface area (TPSA) is 65.3 Å². The third-order valence-electron chi connectivity index (χ3n) is 4.26. The fourth-order valence-electron chi connectivity index (χ4n) is 3.01. The van der Waals surface area contributed by atoms with Crippen molar-refractivity contribution < 1.29 is 9.84 Å². The van der Waals surface area contributed by atoms with Crippen LogP contribution in [0.1, 0.15) is 31.2 Å². The molecule has 2 atom stereocenters. The molecule has 2 rings (SSSR count). The van der Waals surface area contributed by atoms with Crippen molar-refractivity contribution in [2.45, 2.75) is 32.2 Å². The molecule has 0 saturated heterocycles. The van der Waals surface area contributed by atoms with Crippen LogP contribution in [0, 0.1) is 23.2 Å². The molecule has 2 N–H and O–H groups in total. The molecule has 2 unspecified atom stereocenters. The molecule has 0 bridgehead atoms. The number of hydrogen-bond donors (Lipinski definition) is 2. The summed E-state index contributed by atoms with van der Waals surface area (Å²) < 4.78 is 5.23. The smallest absolute Gasteiger partial charge is 0.174 e. The van der Waals surface area contributed by atoms with Crippen molar-refractivity contribution in [1.29, 1.82) is 5.26 Å². The zero-order chi connectivity index (χ0) is 14.9. The molecule has 4 heteroatoms. The maximum absolute atomic E-state index is 9.41. The Hall–Kier alpha value is -1.57. The van der Waals surface area contributed by atoms with E-state index in [9.17, 15) is 5.11 Å². The van der Waals surface area contributed by atoms with Crippen LogP contribution in [0.5, 0.6) is 5.75 Å². The molecule has 1 saturated carbocycles. The minimum absolute atomic E-state index is 0.0851. The largest absolute Gasteiger partial charge is 0.479 e. The first-order valence-electron chi connectivity index (χ1n) is 7.73. The molecule has 0 heterocycles. The van der Waals surface area contributed by atoms with Gasteiger partial charge in [0.2, 0.25) is 0 Å². The number of ether oxygens (including phenoxy) is 1. The minimum atomic E-state index is 0.0851. The molecule has 1 aliphatic rings.